The molecule has 0 atom stereocenters. The zero-order valence-electron chi connectivity index (χ0n) is 11.1. The van der Waals surface area contributed by atoms with E-state index in [1.54, 1.807) is 6.92 Å². The molecule has 0 rings (SSSR count). The Morgan fingerprint density at radius 3 is 2.12 bits per heavy atom. The molecule has 0 spiro atoms. The molecule has 0 saturated heterocycles. The predicted octanol–water partition coefficient (Wildman–Crippen LogP) is 2.06. The molecule has 0 unspecified atom stereocenters. The standard InChI is InChI=1S/C11H23NO3Si/c1-7-9(13)12-8-10(14)15-16(5,6)11(2,3)4/h7-8H2,1-6H3,(H,12,13). The summed E-state index contributed by atoms with van der Waals surface area (Å²) in [6, 6.07) is 0. The van der Waals surface area contributed by atoms with Gasteiger partial charge in [0.15, 0.2) is 0 Å². The summed E-state index contributed by atoms with van der Waals surface area (Å²) in [6.07, 6.45) is 0.382. The first-order valence-corrected chi connectivity index (χ1v) is 8.49. The lowest BCUT2D eigenvalue weighted by Gasteiger charge is -2.35. The minimum absolute atomic E-state index is 0.00255. The van der Waals surface area contributed by atoms with Gasteiger partial charge in [0.2, 0.25) is 5.91 Å². The Hall–Kier alpha value is -0.843. The molecule has 0 aliphatic carbocycles. The van der Waals surface area contributed by atoms with Gasteiger partial charge in [0.25, 0.3) is 8.32 Å². The summed E-state index contributed by atoms with van der Waals surface area (Å²) in [5, 5.41) is 2.51. The highest BCUT2D eigenvalue weighted by atomic mass is 28.4. The number of hydrogen-bond donors (Lipinski definition) is 1. The van der Waals surface area contributed by atoms with Crippen molar-refractivity contribution >= 4 is 20.2 Å². The maximum Gasteiger partial charge on any atom is 0.312 e. The van der Waals surface area contributed by atoms with Gasteiger partial charge in [-0.05, 0) is 18.1 Å². The first-order chi connectivity index (χ1) is 7.10. The molecule has 0 aromatic heterocycles. The van der Waals surface area contributed by atoms with Gasteiger partial charge in [0.05, 0.1) is 0 Å². The Kier molecular flexibility index (Phi) is 5.19. The zero-order valence-corrected chi connectivity index (χ0v) is 12.1. The summed E-state index contributed by atoms with van der Waals surface area (Å²) in [7, 11) is -2.05. The largest absolute Gasteiger partial charge is 0.518 e. The Morgan fingerprint density at radius 1 is 1.25 bits per heavy atom. The average molecular weight is 245 g/mol. The Morgan fingerprint density at radius 2 is 1.75 bits per heavy atom. The van der Waals surface area contributed by atoms with Gasteiger partial charge in [-0.1, -0.05) is 27.7 Å². The van der Waals surface area contributed by atoms with Crippen LogP contribution in [0.1, 0.15) is 34.1 Å². The third-order valence-electron chi connectivity index (χ3n) is 2.93. The van der Waals surface area contributed by atoms with Gasteiger partial charge >= 0.3 is 5.97 Å². The number of amides is 1. The fourth-order valence-corrected chi connectivity index (χ4v) is 1.72. The molecule has 1 amide bonds. The molecule has 0 bridgehead atoms. The van der Waals surface area contributed by atoms with Crippen molar-refractivity contribution in [2.24, 2.45) is 0 Å². The second-order valence-corrected chi connectivity index (χ2v) is 10.1. The molecule has 16 heavy (non-hydrogen) atoms. The van der Waals surface area contributed by atoms with Crippen LogP contribution in [0.2, 0.25) is 18.1 Å². The predicted molar refractivity (Wildman–Crippen MR) is 66.6 cm³/mol. The highest BCUT2D eigenvalue weighted by molar-refractivity contribution is 6.75. The Labute approximate surface area is 98.9 Å². The summed E-state index contributed by atoms with van der Waals surface area (Å²) in [5.41, 5.74) is 0. The quantitative estimate of drug-likeness (QED) is 0.771. The molecule has 94 valence electrons. The molecule has 4 nitrogen and oxygen atoms in total. The van der Waals surface area contributed by atoms with Crippen molar-refractivity contribution in [2.75, 3.05) is 6.54 Å². The van der Waals surface area contributed by atoms with Gasteiger partial charge < -0.3 is 9.74 Å². The van der Waals surface area contributed by atoms with Crippen molar-refractivity contribution in [1.82, 2.24) is 5.32 Å². The van der Waals surface area contributed by atoms with E-state index in [2.05, 4.69) is 26.1 Å². The van der Waals surface area contributed by atoms with Crippen LogP contribution in [-0.2, 0) is 14.0 Å². The summed E-state index contributed by atoms with van der Waals surface area (Å²) < 4.78 is 5.48. The summed E-state index contributed by atoms with van der Waals surface area (Å²) in [5.74, 6) is -0.472. The van der Waals surface area contributed by atoms with Crippen molar-refractivity contribution in [3.05, 3.63) is 0 Å². The lowest BCUT2D eigenvalue weighted by Crippen LogP contribution is -2.45. The van der Waals surface area contributed by atoms with Crippen LogP contribution in [0.3, 0.4) is 0 Å². The maximum absolute atomic E-state index is 11.5. The van der Waals surface area contributed by atoms with E-state index in [9.17, 15) is 9.59 Å². The SMILES string of the molecule is CCC(=O)NCC(=O)O[Si](C)(C)C(C)(C)C. The van der Waals surface area contributed by atoms with Crippen LogP contribution in [-0.4, -0.2) is 26.7 Å². The normalized spacial score (nSPS) is 12.1. The topological polar surface area (TPSA) is 55.4 Å². The molecule has 0 fully saturated rings. The molecule has 5 heteroatoms. The Balaban J connectivity index is 4.20. The van der Waals surface area contributed by atoms with Crippen LogP contribution in [0, 0.1) is 0 Å². The molecular weight excluding hydrogens is 222 g/mol. The average Bonchev–Trinajstić information content (AvgIpc) is 2.11. The zero-order chi connectivity index (χ0) is 13.0. The minimum Gasteiger partial charge on any atom is -0.518 e. The number of hydrogen-bond acceptors (Lipinski definition) is 3. The second kappa shape index (κ2) is 5.47. The first kappa shape index (κ1) is 15.2. The molecule has 0 aliphatic heterocycles. The fourth-order valence-electron chi connectivity index (χ4n) is 0.770. The fraction of sp³-hybridized carbons (Fsp3) is 0.818. The van der Waals surface area contributed by atoms with Gasteiger partial charge in [0, 0.05) is 6.42 Å². The van der Waals surface area contributed by atoms with Crippen LogP contribution in [0.15, 0.2) is 0 Å². The number of rotatable bonds is 4. The van der Waals surface area contributed by atoms with E-state index in [-0.39, 0.29) is 23.5 Å². The molecule has 0 heterocycles. The second-order valence-electron chi connectivity index (χ2n) is 5.36. The molecule has 1 N–H and O–H groups in total. The summed E-state index contributed by atoms with van der Waals surface area (Å²) in [4.78, 5) is 22.5. The number of carbonyl (C=O) groups is 2. The van der Waals surface area contributed by atoms with Crippen molar-refractivity contribution < 1.29 is 14.0 Å². The first-order valence-electron chi connectivity index (χ1n) is 5.58. The van der Waals surface area contributed by atoms with Crippen LogP contribution in [0.25, 0.3) is 0 Å². The third kappa shape index (κ3) is 4.79. The smallest absolute Gasteiger partial charge is 0.312 e. The minimum atomic E-state index is -2.05. The van der Waals surface area contributed by atoms with Crippen molar-refractivity contribution in [3.63, 3.8) is 0 Å². The van der Waals surface area contributed by atoms with Gasteiger partial charge in [-0.15, -0.1) is 0 Å². The highest BCUT2D eigenvalue weighted by Gasteiger charge is 2.40. The van der Waals surface area contributed by atoms with Crippen molar-refractivity contribution in [3.8, 4) is 0 Å². The van der Waals surface area contributed by atoms with Crippen molar-refractivity contribution in [1.29, 1.82) is 0 Å². The van der Waals surface area contributed by atoms with Crippen LogP contribution in [0.4, 0.5) is 0 Å². The maximum atomic E-state index is 11.5. The van der Waals surface area contributed by atoms with E-state index in [0.29, 0.717) is 6.42 Å². The van der Waals surface area contributed by atoms with E-state index in [0.717, 1.165) is 0 Å². The molecular formula is C11H23NO3Si. The van der Waals surface area contributed by atoms with Crippen LogP contribution < -0.4 is 5.32 Å². The molecule has 0 aliphatic rings. The van der Waals surface area contributed by atoms with Crippen molar-refractivity contribution in [2.45, 2.75) is 52.2 Å². The van der Waals surface area contributed by atoms with E-state index in [4.69, 9.17) is 4.43 Å². The monoisotopic (exact) mass is 245 g/mol. The van der Waals surface area contributed by atoms with Gasteiger partial charge in [-0.25, -0.2) is 0 Å². The van der Waals surface area contributed by atoms with E-state index in [1.165, 1.54) is 0 Å². The summed E-state index contributed by atoms with van der Waals surface area (Å²) >= 11 is 0. The van der Waals surface area contributed by atoms with E-state index >= 15 is 0 Å². The highest BCUT2D eigenvalue weighted by Crippen LogP contribution is 2.36. The molecule has 0 aromatic carbocycles. The molecule has 0 radical (unpaired) electrons. The van der Waals surface area contributed by atoms with Gasteiger partial charge in [-0.2, -0.15) is 0 Å². The van der Waals surface area contributed by atoms with E-state index in [1.807, 2.05) is 13.1 Å². The van der Waals surface area contributed by atoms with Crippen LogP contribution >= 0.6 is 0 Å². The lowest BCUT2D eigenvalue weighted by molar-refractivity contribution is -0.136. The third-order valence-corrected chi connectivity index (χ3v) is 7.28. The lowest BCUT2D eigenvalue weighted by atomic mass is 10.2. The molecule has 0 saturated carbocycles. The molecule has 0 aromatic rings. The van der Waals surface area contributed by atoms with Gasteiger partial charge in [0.1, 0.15) is 6.54 Å². The number of nitrogens with one attached hydrogen (secondary N) is 1. The number of carbonyl (C=O) groups excluding carboxylic acids is 2. The van der Waals surface area contributed by atoms with Gasteiger partial charge in [-0.3, -0.25) is 9.59 Å². The van der Waals surface area contributed by atoms with Crippen LogP contribution in [0.5, 0.6) is 0 Å². The Bertz CT molecular complexity index is 269. The van der Waals surface area contributed by atoms with E-state index < -0.39 is 8.32 Å². The summed E-state index contributed by atoms with van der Waals surface area (Å²) in [6.45, 7) is 11.9.